The fourth-order valence-electron chi connectivity index (χ4n) is 4.39. The van der Waals surface area contributed by atoms with Crippen molar-refractivity contribution in [1.29, 1.82) is 0 Å². The number of pyridine rings is 1. The van der Waals surface area contributed by atoms with Gasteiger partial charge in [-0.2, -0.15) is 0 Å². The molecule has 35 heavy (non-hydrogen) atoms. The number of carbonyl (C=O) groups excluding carboxylic acids is 1. The van der Waals surface area contributed by atoms with Crippen LogP contribution in [0.1, 0.15) is 33.8 Å². The number of benzene rings is 1. The minimum Gasteiger partial charge on any atom is -0.484 e. The van der Waals surface area contributed by atoms with Crippen molar-refractivity contribution in [2.75, 3.05) is 33.2 Å². The van der Waals surface area contributed by atoms with E-state index >= 15 is 0 Å². The molecule has 7 nitrogen and oxygen atoms in total. The van der Waals surface area contributed by atoms with E-state index in [1.165, 1.54) is 16.9 Å². The Balaban J connectivity index is 1.35. The molecule has 0 spiro atoms. The third-order valence-corrected chi connectivity index (χ3v) is 7.88. The van der Waals surface area contributed by atoms with Gasteiger partial charge in [0.25, 0.3) is 5.91 Å². The van der Waals surface area contributed by atoms with Crippen molar-refractivity contribution < 1.29 is 9.53 Å². The van der Waals surface area contributed by atoms with Crippen LogP contribution in [0.25, 0.3) is 16.2 Å². The molecule has 0 saturated carbocycles. The van der Waals surface area contributed by atoms with Crippen molar-refractivity contribution >= 4 is 34.5 Å². The fraction of sp³-hybridized carbons (Fsp3) is 0.308. The highest BCUT2D eigenvalue weighted by atomic mass is 35.5. The predicted octanol–water partition coefficient (Wildman–Crippen LogP) is 4.70. The molecular formula is C26H28ClN5O2S. The second kappa shape index (κ2) is 9.99. The third kappa shape index (κ3) is 5.06. The second-order valence-electron chi connectivity index (χ2n) is 8.94. The van der Waals surface area contributed by atoms with E-state index in [1.54, 1.807) is 6.20 Å². The summed E-state index contributed by atoms with van der Waals surface area (Å²) in [6.45, 7) is 7.07. The van der Waals surface area contributed by atoms with Crippen LogP contribution in [0.15, 0.2) is 54.9 Å². The van der Waals surface area contributed by atoms with Crippen LogP contribution in [0.2, 0.25) is 5.02 Å². The number of likely N-dealkylation sites (N-methyl/N-ethyl adjacent to an activating group) is 1. The van der Waals surface area contributed by atoms with E-state index in [0.717, 1.165) is 54.5 Å². The average molecular weight is 510 g/mol. The summed E-state index contributed by atoms with van der Waals surface area (Å²) in [6.07, 6.45) is 3.37. The lowest BCUT2D eigenvalue weighted by Gasteiger charge is -2.32. The molecule has 0 aliphatic carbocycles. The highest BCUT2D eigenvalue weighted by molar-refractivity contribution is 7.17. The lowest BCUT2D eigenvalue weighted by atomic mass is 10.1. The van der Waals surface area contributed by atoms with Crippen LogP contribution < -0.4 is 10.5 Å². The summed E-state index contributed by atoms with van der Waals surface area (Å²) < 4.78 is 8.22. The van der Waals surface area contributed by atoms with Crippen LogP contribution in [-0.2, 0) is 6.54 Å². The number of amides is 1. The van der Waals surface area contributed by atoms with Crippen LogP contribution >= 0.6 is 22.9 Å². The quantitative estimate of drug-likeness (QED) is 0.390. The maximum Gasteiger partial charge on any atom is 0.262 e. The number of nitrogens with two attached hydrogens (primary N) is 1. The van der Waals surface area contributed by atoms with E-state index in [2.05, 4.69) is 27.9 Å². The Morgan fingerprint density at radius 2 is 2.00 bits per heavy atom. The summed E-state index contributed by atoms with van der Waals surface area (Å²) in [7, 11) is 2.16. The first-order valence-corrected chi connectivity index (χ1v) is 12.8. The summed E-state index contributed by atoms with van der Waals surface area (Å²) in [5.74, 6) is -0.0700. The first kappa shape index (κ1) is 23.8. The van der Waals surface area contributed by atoms with Crippen molar-refractivity contribution in [3.8, 4) is 16.3 Å². The zero-order valence-corrected chi connectivity index (χ0v) is 21.4. The zero-order valence-electron chi connectivity index (χ0n) is 19.8. The first-order valence-electron chi connectivity index (χ1n) is 11.6. The topological polar surface area (TPSA) is 76.1 Å². The molecule has 3 aromatic heterocycles. The van der Waals surface area contributed by atoms with Crippen LogP contribution in [0.3, 0.4) is 0 Å². The number of rotatable bonds is 7. The molecule has 1 aromatic carbocycles. The molecule has 4 aromatic rings. The smallest absolute Gasteiger partial charge is 0.262 e. The molecule has 0 bridgehead atoms. The van der Waals surface area contributed by atoms with E-state index in [4.69, 9.17) is 22.1 Å². The summed E-state index contributed by atoms with van der Waals surface area (Å²) in [4.78, 5) is 22.7. The SMILES string of the molecule is C[C@@H](Oc1cc(-c2cnc3ccccn23)sc1C(N)=O)c1ccc(CN2CCN(C)CC2)cc1Cl. The molecule has 1 aliphatic rings. The first-order chi connectivity index (χ1) is 16.9. The fourth-order valence-corrected chi connectivity index (χ4v) is 5.70. The molecular weight excluding hydrogens is 482 g/mol. The molecule has 182 valence electrons. The van der Waals surface area contributed by atoms with Crippen molar-refractivity contribution in [2.45, 2.75) is 19.6 Å². The molecule has 5 rings (SSSR count). The van der Waals surface area contributed by atoms with Crippen molar-refractivity contribution in [3.63, 3.8) is 0 Å². The van der Waals surface area contributed by atoms with Crippen molar-refractivity contribution in [1.82, 2.24) is 19.2 Å². The third-order valence-electron chi connectivity index (χ3n) is 6.40. The molecule has 0 radical (unpaired) electrons. The Hall–Kier alpha value is -2.91. The average Bonchev–Trinajstić information content (AvgIpc) is 3.45. The lowest BCUT2D eigenvalue weighted by Crippen LogP contribution is -2.43. The number of halogens is 1. The zero-order chi connectivity index (χ0) is 24.5. The van der Waals surface area contributed by atoms with Crippen molar-refractivity contribution in [3.05, 3.63) is 75.9 Å². The Kier molecular flexibility index (Phi) is 6.80. The number of imidazole rings is 1. The van der Waals surface area contributed by atoms with E-state index in [9.17, 15) is 4.79 Å². The maximum absolute atomic E-state index is 12.2. The minimum atomic E-state index is -0.522. The van der Waals surface area contributed by atoms with Gasteiger partial charge in [0.1, 0.15) is 22.4 Å². The van der Waals surface area contributed by atoms with Gasteiger partial charge in [-0.05, 0) is 37.7 Å². The molecule has 9 heteroatoms. The van der Waals surface area contributed by atoms with Gasteiger partial charge < -0.3 is 15.4 Å². The Labute approximate surface area is 213 Å². The monoisotopic (exact) mass is 509 g/mol. The number of hydrogen-bond donors (Lipinski definition) is 1. The summed E-state index contributed by atoms with van der Waals surface area (Å²) >= 11 is 7.98. The molecule has 0 unspecified atom stereocenters. The summed E-state index contributed by atoms with van der Waals surface area (Å²) in [5, 5.41) is 0.655. The Morgan fingerprint density at radius 1 is 1.20 bits per heavy atom. The van der Waals surface area contributed by atoms with E-state index < -0.39 is 5.91 Å². The second-order valence-corrected chi connectivity index (χ2v) is 10.4. The van der Waals surface area contributed by atoms with Gasteiger partial charge in [0.15, 0.2) is 0 Å². The van der Waals surface area contributed by atoms with Crippen LogP contribution in [0, 0.1) is 0 Å². The normalized spacial score (nSPS) is 16.0. The van der Waals surface area contributed by atoms with Gasteiger partial charge in [-0.3, -0.25) is 14.1 Å². The molecule has 1 amide bonds. The molecule has 1 saturated heterocycles. The van der Waals surface area contributed by atoms with Gasteiger partial charge in [-0.25, -0.2) is 4.98 Å². The Bertz CT molecular complexity index is 1360. The van der Waals surface area contributed by atoms with Crippen LogP contribution in [-0.4, -0.2) is 58.3 Å². The predicted molar refractivity (Wildman–Crippen MR) is 140 cm³/mol. The highest BCUT2D eigenvalue weighted by Crippen LogP contribution is 2.39. The van der Waals surface area contributed by atoms with Crippen molar-refractivity contribution in [2.24, 2.45) is 5.73 Å². The molecule has 2 N–H and O–H groups in total. The molecule has 1 fully saturated rings. The lowest BCUT2D eigenvalue weighted by molar-refractivity contribution is 0.0998. The number of carbonyl (C=O) groups is 1. The number of nitrogens with zero attached hydrogens (tertiary/aromatic N) is 4. The number of fused-ring (bicyclic) bond motifs is 1. The number of thiophene rings is 1. The minimum absolute atomic E-state index is 0.358. The van der Waals surface area contributed by atoms with E-state index in [0.29, 0.717) is 15.6 Å². The van der Waals surface area contributed by atoms with E-state index in [-0.39, 0.29) is 6.10 Å². The van der Waals surface area contributed by atoms with Gasteiger partial charge in [0.05, 0.1) is 16.8 Å². The number of piperazine rings is 1. The number of ether oxygens (including phenoxy) is 1. The molecule has 4 heterocycles. The van der Waals surface area contributed by atoms with Gasteiger partial charge in [0, 0.05) is 55.6 Å². The van der Waals surface area contributed by atoms with E-state index in [1.807, 2.05) is 53.9 Å². The number of hydrogen-bond acceptors (Lipinski definition) is 6. The van der Waals surface area contributed by atoms with Gasteiger partial charge in [-0.1, -0.05) is 29.8 Å². The van der Waals surface area contributed by atoms with Crippen LogP contribution in [0.4, 0.5) is 0 Å². The largest absolute Gasteiger partial charge is 0.484 e. The standard InChI is InChI=1S/C26H28ClN5O2S/c1-17(19-7-6-18(13-20(19)27)16-31-11-9-30(2)10-12-31)34-22-14-23(35-25(22)26(28)33)21-15-29-24-5-3-4-8-32(21)24/h3-8,13-15,17H,9-12,16H2,1-2H3,(H2,28,33)/t17-/m1/s1. The molecule has 1 aliphatic heterocycles. The van der Waals surface area contributed by atoms with Crippen LogP contribution in [0.5, 0.6) is 5.75 Å². The molecule has 1 atom stereocenters. The number of aromatic nitrogens is 2. The highest BCUT2D eigenvalue weighted by Gasteiger charge is 2.22. The van der Waals surface area contributed by atoms with Gasteiger partial charge >= 0.3 is 0 Å². The Morgan fingerprint density at radius 3 is 2.74 bits per heavy atom. The van der Waals surface area contributed by atoms with Gasteiger partial charge in [-0.15, -0.1) is 11.3 Å². The number of primary amides is 1. The maximum atomic E-state index is 12.2. The van der Waals surface area contributed by atoms with Gasteiger partial charge in [0.2, 0.25) is 0 Å². The summed E-state index contributed by atoms with van der Waals surface area (Å²) in [5.41, 5.74) is 9.44. The summed E-state index contributed by atoms with van der Waals surface area (Å²) in [6, 6.07) is 13.8.